The third-order valence-corrected chi connectivity index (χ3v) is 2.65. The van der Waals surface area contributed by atoms with E-state index in [4.69, 9.17) is 10.5 Å². The Balaban J connectivity index is 1.79. The number of amides is 1. The van der Waals surface area contributed by atoms with Gasteiger partial charge in [-0.1, -0.05) is 17.7 Å². The number of rotatable bonds is 3. The lowest BCUT2D eigenvalue weighted by Crippen LogP contribution is -2.58. The highest BCUT2D eigenvalue weighted by Crippen LogP contribution is 2.12. The molecule has 0 atom stereocenters. The van der Waals surface area contributed by atoms with Gasteiger partial charge in [-0.25, -0.2) is 0 Å². The zero-order valence-electron chi connectivity index (χ0n) is 9.35. The first-order valence-electron chi connectivity index (χ1n) is 5.38. The standard InChI is InChI=1S/C12H16N2O2/c1-9-2-4-11(5-3-9)16-8-12(15)14-6-10(13)7-14/h2-5,10H,6-8,13H2,1H3. The Bertz CT molecular complexity index is 369. The molecule has 0 aliphatic carbocycles. The fraction of sp³-hybridized carbons (Fsp3) is 0.417. The average molecular weight is 220 g/mol. The minimum absolute atomic E-state index is 0.00211. The Labute approximate surface area is 95.0 Å². The maximum atomic E-state index is 11.6. The van der Waals surface area contributed by atoms with Crippen LogP contribution in [-0.2, 0) is 4.79 Å². The number of benzene rings is 1. The summed E-state index contributed by atoms with van der Waals surface area (Å²) in [6.45, 7) is 3.40. The van der Waals surface area contributed by atoms with Gasteiger partial charge in [0.25, 0.3) is 5.91 Å². The van der Waals surface area contributed by atoms with Gasteiger partial charge in [-0.15, -0.1) is 0 Å². The molecule has 0 bridgehead atoms. The highest BCUT2D eigenvalue weighted by atomic mass is 16.5. The first-order valence-corrected chi connectivity index (χ1v) is 5.38. The molecule has 1 fully saturated rings. The predicted molar refractivity (Wildman–Crippen MR) is 61.2 cm³/mol. The molecule has 4 heteroatoms. The summed E-state index contributed by atoms with van der Waals surface area (Å²) in [4.78, 5) is 13.3. The number of hydrogen-bond donors (Lipinski definition) is 1. The normalized spacial score (nSPS) is 15.8. The van der Waals surface area contributed by atoms with Crippen molar-refractivity contribution < 1.29 is 9.53 Å². The van der Waals surface area contributed by atoms with Crippen LogP contribution in [0.15, 0.2) is 24.3 Å². The summed E-state index contributed by atoms with van der Waals surface area (Å²) in [5, 5.41) is 0. The second-order valence-electron chi connectivity index (χ2n) is 4.16. The summed E-state index contributed by atoms with van der Waals surface area (Å²) < 4.78 is 5.38. The van der Waals surface area contributed by atoms with Crippen molar-refractivity contribution in [3.05, 3.63) is 29.8 Å². The number of nitrogens with zero attached hydrogens (tertiary/aromatic N) is 1. The van der Waals surface area contributed by atoms with Crippen LogP contribution in [-0.4, -0.2) is 36.5 Å². The molecule has 1 saturated heterocycles. The van der Waals surface area contributed by atoms with Crippen LogP contribution in [0.25, 0.3) is 0 Å². The van der Waals surface area contributed by atoms with Crippen molar-refractivity contribution in [3.63, 3.8) is 0 Å². The smallest absolute Gasteiger partial charge is 0.260 e. The van der Waals surface area contributed by atoms with Crippen molar-refractivity contribution in [2.75, 3.05) is 19.7 Å². The fourth-order valence-electron chi connectivity index (χ4n) is 1.59. The SMILES string of the molecule is Cc1ccc(OCC(=O)N2CC(N)C2)cc1. The van der Waals surface area contributed by atoms with E-state index in [1.54, 1.807) is 4.90 Å². The predicted octanol–water partition coefficient (Wildman–Crippen LogP) is 0.543. The summed E-state index contributed by atoms with van der Waals surface area (Å²) in [5.74, 6) is 0.728. The monoisotopic (exact) mass is 220 g/mol. The van der Waals surface area contributed by atoms with Crippen molar-refractivity contribution in [2.45, 2.75) is 13.0 Å². The average Bonchev–Trinajstić information content (AvgIpc) is 2.24. The molecule has 1 amide bonds. The maximum absolute atomic E-state index is 11.6. The van der Waals surface area contributed by atoms with Gasteiger partial charge in [-0.3, -0.25) is 4.79 Å². The van der Waals surface area contributed by atoms with E-state index in [0.717, 1.165) is 5.75 Å². The lowest BCUT2D eigenvalue weighted by Gasteiger charge is -2.36. The van der Waals surface area contributed by atoms with Crippen LogP contribution in [0.5, 0.6) is 5.75 Å². The van der Waals surface area contributed by atoms with Crippen LogP contribution in [0.4, 0.5) is 0 Å². The first-order chi connectivity index (χ1) is 7.65. The number of ether oxygens (including phenoxy) is 1. The third-order valence-electron chi connectivity index (χ3n) is 2.65. The van der Waals surface area contributed by atoms with Crippen LogP contribution in [0.1, 0.15) is 5.56 Å². The van der Waals surface area contributed by atoms with Crippen molar-refractivity contribution in [2.24, 2.45) is 5.73 Å². The molecule has 0 spiro atoms. The largest absolute Gasteiger partial charge is 0.484 e. The fourth-order valence-corrected chi connectivity index (χ4v) is 1.59. The van der Waals surface area contributed by atoms with Gasteiger partial charge in [0.05, 0.1) is 0 Å². The van der Waals surface area contributed by atoms with E-state index in [9.17, 15) is 4.79 Å². The van der Waals surface area contributed by atoms with Gasteiger partial charge < -0.3 is 15.4 Å². The lowest BCUT2D eigenvalue weighted by molar-refractivity contribution is -0.137. The second kappa shape index (κ2) is 4.53. The van der Waals surface area contributed by atoms with E-state index in [1.165, 1.54) is 5.56 Å². The van der Waals surface area contributed by atoms with Crippen LogP contribution in [0.3, 0.4) is 0 Å². The molecule has 0 saturated carbocycles. The minimum Gasteiger partial charge on any atom is -0.484 e. The number of nitrogens with two attached hydrogens (primary N) is 1. The van der Waals surface area contributed by atoms with E-state index < -0.39 is 0 Å². The summed E-state index contributed by atoms with van der Waals surface area (Å²) in [6.07, 6.45) is 0. The molecule has 86 valence electrons. The topological polar surface area (TPSA) is 55.6 Å². The number of carbonyl (C=O) groups is 1. The molecule has 1 aliphatic rings. The lowest BCUT2D eigenvalue weighted by atomic mass is 10.1. The molecule has 1 aliphatic heterocycles. The van der Waals surface area contributed by atoms with Crippen LogP contribution in [0, 0.1) is 6.92 Å². The van der Waals surface area contributed by atoms with E-state index in [1.807, 2.05) is 31.2 Å². The van der Waals surface area contributed by atoms with Gasteiger partial charge in [-0.05, 0) is 19.1 Å². The molecule has 2 rings (SSSR count). The molecule has 0 aromatic heterocycles. The highest BCUT2D eigenvalue weighted by Gasteiger charge is 2.27. The van der Waals surface area contributed by atoms with Crippen LogP contribution < -0.4 is 10.5 Å². The molecule has 16 heavy (non-hydrogen) atoms. The molecule has 1 heterocycles. The molecular formula is C12H16N2O2. The molecule has 4 nitrogen and oxygen atoms in total. The summed E-state index contributed by atoms with van der Waals surface area (Å²) in [6, 6.07) is 7.79. The molecule has 0 unspecified atom stereocenters. The van der Waals surface area contributed by atoms with Gasteiger partial charge in [0.2, 0.25) is 0 Å². The van der Waals surface area contributed by atoms with Crippen LogP contribution >= 0.6 is 0 Å². The van der Waals surface area contributed by atoms with Crippen molar-refractivity contribution in [1.82, 2.24) is 4.90 Å². The minimum atomic E-state index is 0.00211. The number of aryl methyl sites for hydroxylation is 1. The molecule has 2 N–H and O–H groups in total. The Hall–Kier alpha value is -1.55. The quantitative estimate of drug-likeness (QED) is 0.809. The number of hydrogen-bond acceptors (Lipinski definition) is 3. The summed E-state index contributed by atoms with van der Waals surface area (Å²) >= 11 is 0. The zero-order valence-corrected chi connectivity index (χ0v) is 9.35. The third kappa shape index (κ3) is 2.52. The van der Waals surface area contributed by atoms with Crippen LogP contribution in [0.2, 0.25) is 0 Å². The molecule has 1 aromatic rings. The summed E-state index contributed by atoms with van der Waals surface area (Å²) in [5.41, 5.74) is 6.77. The van der Waals surface area contributed by atoms with Gasteiger partial charge in [0, 0.05) is 19.1 Å². The van der Waals surface area contributed by atoms with Gasteiger partial charge >= 0.3 is 0 Å². The van der Waals surface area contributed by atoms with Crippen molar-refractivity contribution >= 4 is 5.91 Å². The van der Waals surface area contributed by atoms with E-state index in [2.05, 4.69) is 0 Å². The Morgan fingerprint density at radius 2 is 2.06 bits per heavy atom. The Kier molecular flexibility index (Phi) is 3.10. The number of carbonyl (C=O) groups excluding carboxylic acids is 1. The Morgan fingerprint density at radius 3 is 2.62 bits per heavy atom. The second-order valence-corrected chi connectivity index (χ2v) is 4.16. The van der Waals surface area contributed by atoms with Gasteiger partial charge in [0.15, 0.2) is 6.61 Å². The molecule has 1 aromatic carbocycles. The highest BCUT2D eigenvalue weighted by molar-refractivity contribution is 5.78. The first kappa shape index (κ1) is 11.0. The van der Waals surface area contributed by atoms with Gasteiger partial charge in [-0.2, -0.15) is 0 Å². The van der Waals surface area contributed by atoms with Crippen molar-refractivity contribution in [3.8, 4) is 5.75 Å². The van der Waals surface area contributed by atoms with E-state index in [0.29, 0.717) is 13.1 Å². The van der Waals surface area contributed by atoms with E-state index in [-0.39, 0.29) is 18.6 Å². The Morgan fingerprint density at radius 1 is 1.44 bits per heavy atom. The van der Waals surface area contributed by atoms with Gasteiger partial charge in [0.1, 0.15) is 5.75 Å². The number of likely N-dealkylation sites (tertiary alicyclic amines) is 1. The molecular weight excluding hydrogens is 204 g/mol. The van der Waals surface area contributed by atoms with Crippen molar-refractivity contribution in [1.29, 1.82) is 0 Å². The van der Waals surface area contributed by atoms with E-state index >= 15 is 0 Å². The maximum Gasteiger partial charge on any atom is 0.260 e. The summed E-state index contributed by atoms with van der Waals surface area (Å²) in [7, 11) is 0. The molecule has 0 radical (unpaired) electrons. The zero-order chi connectivity index (χ0) is 11.5.